The molecule has 0 bridgehead atoms. The lowest BCUT2D eigenvalue weighted by molar-refractivity contribution is -0.120. The van der Waals surface area contributed by atoms with Crippen LogP contribution in [0.15, 0.2) is 42.5 Å². The van der Waals surface area contributed by atoms with Crippen molar-refractivity contribution in [1.29, 1.82) is 0 Å². The molecule has 0 saturated heterocycles. The summed E-state index contributed by atoms with van der Waals surface area (Å²) in [6.45, 7) is 5.65. The van der Waals surface area contributed by atoms with Gasteiger partial charge in [0.25, 0.3) is 17.7 Å². The molecule has 3 rings (SSSR count). The molecule has 0 fully saturated rings. The van der Waals surface area contributed by atoms with Crippen molar-refractivity contribution in [2.24, 2.45) is 0 Å². The van der Waals surface area contributed by atoms with E-state index >= 15 is 0 Å². The molecular formula is C23H25N3O5. The first-order valence-corrected chi connectivity index (χ1v) is 10.1. The minimum atomic E-state index is -0.480. The molecule has 0 saturated carbocycles. The average Bonchev–Trinajstić information content (AvgIpc) is 2.98. The number of benzene rings is 2. The largest absolute Gasteiger partial charge is 0.493 e. The van der Waals surface area contributed by atoms with E-state index in [9.17, 15) is 19.2 Å². The summed E-state index contributed by atoms with van der Waals surface area (Å²) in [6.07, 6.45) is 0. The summed E-state index contributed by atoms with van der Waals surface area (Å²) in [4.78, 5) is 50.9. The van der Waals surface area contributed by atoms with Gasteiger partial charge in [0.15, 0.2) is 0 Å². The van der Waals surface area contributed by atoms with Gasteiger partial charge >= 0.3 is 0 Å². The topological polar surface area (TPSA) is 105 Å². The molecule has 31 heavy (non-hydrogen) atoms. The number of imide groups is 1. The third-order valence-electron chi connectivity index (χ3n) is 4.67. The number of fused-ring (bicyclic) bond motifs is 1. The smallest absolute Gasteiger partial charge is 0.261 e. The summed E-state index contributed by atoms with van der Waals surface area (Å²) in [5, 5.41) is 5.28. The highest BCUT2D eigenvalue weighted by atomic mass is 16.5. The minimum Gasteiger partial charge on any atom is -0.493 e. The molecule has 162 valence electrons. The van der Waals surface area contributed by atoms with Crippen molar-refractivity contribution in [3.63, 3.8) is 0 Å². The molecule has 0 aliphatic carbocycles. The zero-order chi connectivity index (χ0) is 22.5. The number of carbonyl (C=O) groups excluding carboxylic acids is 4. The Morgan fingerprint density at radius 2 is 1.68 bits per heavy atom. The summed E-state index contributed by atoms with van der Waals surface area (Å²) in [5.74, 6) is -1.16. The van der Waals surface area contributed by atoms with E-state index in [1.54, 1.807) is 49.4 Å². The van der Waals surface area contributed by atoms with Gasteiger partial charge in [0.2, 0.25) is 5.91 Å². The number of hydrogen-bond donors (Lipinski definition) is 2. The predicted molar refractivity (Wildman–Crippen MR) is 114 cm³/mol. The highest BCUT2D eigenvalue weighted by Gasteiger charge is 2.35. The van der Waals surface area contributed by atoms with Gasteiger partial charge in [-0.1, -0.05) is 18.2 Å². The fourth-order valence-corrected chi connectivity index (χ4v) is 3.33. The number of rotatable bonds is 8. The minimum absolute atomic E-state index is 0.0207. The molecule has 4 amide bonds. The highest BCUT2D eigenvalue weighted by molar-refractivity contribution is 6.21. The van der Waals surface area contributed by atoms with E-state index < -0.39 is 5.91 Å². The van der Waals surface area contributed by atoms with Gasteiger partial charge in [0.1, 0.15) is 5.75 Å². The Labute approximate surface area is 180 Å². The van der Waals surface area contributed by atoms with Gasteiger partial charge in [0.05, 0.1) is 36.4 Å². The summed E-state index contributed by atoms with van der Waals surface area (Å²) in [6, 6.07) is 11.5. The third-order valence-corrected chi connectivity index (χ3v) is 4.67. The SMILES string of the molecule is CCOc1ccc(CN2C(=O)c3ccccc3C2=O)cc1C(=O)NCC(=O)NC(C)C. The van der Waals surface area contributed by atoms with Crippen molar-refractivity contribution in [1.82, 2.24) is 15.5 Å². The van der Waals surface area contributed by atoms with Crippen LogP contribution in [0.2, 0.25) is 0 Å². The zero-order valence-corrected chi connectivity index (χ0v) is 17.7. The van der Waals surface area contributed by atoms with Crippen molar-refractivity contribution in [3.8, 4) is 5.75 Å². The van der Waals surface area contributed by atoms with Crippen LogP contribution in [0.3, 0.4) is 0 Å². The molecule has 2 N–H and O–H groups in total. The molecule has 0 unspecified atom stereocenters. The molecule has 0 aromatic heterocycles. The van der Waals surface area contributed by atoms with Gasteiger partial charge in [-0.15, -0.1) is 0 Å². The van der Waals surface area contributed by atoms with Crippen molar-refractivity contribution in [2.45, 2.75) is 33.4 Å². The van der Waals surface area contributed by atoms with Crippen molar-refractivity contribution >= 4 is 23.6 Å². The number of amides is 4. The van der Waals surface area contributed by atoms with Crippen LogP contribution in [-0.4, -0.2) is 47.7 Å². The first-order chi connectivity index (χ1) is 14.8. The Morgan fingerprint density at radius 3 is 2.26 bits per heavy atom. The molecule has 2 aromatic carbocycles. The van der Waals surface area contributed by atoms with Crippen molar-refractivity contribution < 1.29 is 23.9 Å². The van der Waals surface area contributed by atoms with Gasteiger partial charge in [-0.05, 0) is 50.6 Å². The summed E-state index contributed by atoms with van der Waals surface area (Å²) < 4.78 is 5.54. The van der Waals surface area contributed by atoms with Gasteiger partial charge < -0.3 is 15.4 Å². The third kappa shape index (κ3) is 4.91. The van der Waals surface area contributed by atoms with Crippen LogP contribution in [0.1, 0.15) is 57.4 Å². The lowest BCUT2D eigenvalue weighted by Crippen LogP contribution is -2.40. The van der Waals surface area contributed by atoms with Crippen LogP contribution < -0.4 is 15.4 Å². The number of ether oxygens (including phenoxy) is 1. The van der Waals surface area contributed by atoms with Crippen LogP contribution in [0.25, 0.3) is 0 Å². The van der Waals surface area contributed by atoms with E-state index in [0.717, 1.165) is 4.90 Å². The van der Waals surface area contributed by atoms with Crippen LogP contribution in [0, 0.1) is 0 Å². The lowest BCUT2D eigenvalue weighted by Gasteiger charge is -2.16. The molecule has 0 spiro atoms. The second-order valence-electron chi connectivity index (χ2n) is 7.41. The highest BCUT2D eigenvalue weighted by Crippen LogP contribution is 2.26. The Balaban J connectivity index is 1.79. The first-order valence-electron chi connectivity index (χ1n) is 10.1. The summed E-state index contributed by atoms with van der Waals surface area (Å²) in [5.41, 5.74) is 1.56. The van der Waals surface area contributed by atoms with Crippen LogP contribution in [0.5, 0.6) is 5.75 Å². The fraction of sp³-hybridized carbons (Fsp3) is 0.304. The number of nitrogens with one attached hydrogen (secondary N) is 2. The maximum Gasteiger partial charge on any atom is 0.261 e. The Morgan fingerprint density at radius 1 is 1.03 bits per heavy atom. The molecule has 1 heterocycles. The number of hydrogen-bond acceptors (Lipinski definition) is 5. The summed E-state index contributed by atoms with van der Waals surface area (Å²) in [7, 11) is 0. The molecule has 1 aliphatic heterocycles. The summed E-state index contributed by atoms with van der Waals surface area (Å²) >= 11 is 0. The standard InChI is InChI=1S/C23H25N3O5/c1-4-31-19-10-9-15(11-18(19)21(28)24-12-20(27)25-14(2)3)13-26-22(29)16-7-5-6-8-17(16)23(26)30/h5-11,14H,4,12-13H2,1-3H3,(H,24,28)(H,25,27). The second kappa shape index (κ2) is 9.42. The Bertz CT molecular complexity index is 997. The van der Waals surface area contributed by atoms with E-state index in [-0.39, 0.29) is 42.4 Å². The molecule has 8 nitrogen and oxygen atoms in total. The molecular weight excluding hydrogens is 398 g/mol. The zero-order valence-electron chi connectivity index (χ0n) is 17.7. The normalized spacial score (nSPS) is 12.7. The maximum atomic E-state index is 12.7. The fourth-order valence-electron chi connectivity index (χ4n) is 3.33. The monoisotopic (exact) mass is 423 g/mol. The molecule has 1 aliphatic rings. The van der Waals surface area contributed by atoms with E-state index in [2.05, 4.69) is 10.6 Å². The average molecular weight is 423 g/mol. The Kier molecular flexibility index (Phi) is 6.69. The van der Waals surface area contributed by atoms with Crippen molar-refractivity contribution in [2.75, 3.05) is 13.2 Å². The number of carbonyl (C=O) groups is 4. The van der Waals surface area contributed by atoms with E-state index in [1.807, 2.05) is 13.8 Å². The van der Waals surface area contributed by atoms with Gasteiger partial charge in [-0.2, -0.15) is 0 Å². The van der Waals surface area contributed by atoms with Gasteiger partial charge in [-0.25, -0.2) is 0 Å². The van der Waals surface area contributed by atoms with E-state index in [0.29, 0.717) is 29.0 Å². The Hall–Kier alpha value is -3.68. The molecule has 2 aromatic rings. The molecule has 0 radical (unpaired) electrons. The first kappa shape index (κ1) is 22.0. The van der Waals surface area contributed by atoms with Crippen LogP contribution in [-0.2, 0) is 11.3 Å². The quantitative estimate of drug-likeness (QED) is 0.633. The van der Waals surface area contributed by atoms with Gasteiger partial charge in [-0.3, -0.25) is 24.1 Å². The van der Waals surface area contributed by atoms with Crippen molar-refractivity contribution in [3.05, 3.63) is 64.7 Å². The maximum absolute atomic E-state index is 12.7. The second-order valence-corrected chi connectivity index (χ2v) is 7.41. The van der Waals surface area contributed by atoms with E-state index in [1.165, 1.54) is 0 Å². The molecule has 0 atom stereocenters. The lowest BCUT2D eigenvalue weighted by atomic mass is 10.1. The van der Waals surface area contributed by atoms with Crippen LogP contribution >= 0.6 is 0 Å². The molecule has 8 heteroatoms. The van der Waals surface area contributed by atoms with Gasteiger partial charge in [0, 0.05) is 6.04 Å². The van der Waals surface area contributed by atoms with E-state index in [4.69, 9.17) is 4.74 Å². The predicted octanol–water partition coefficient (Wildman–Crippen LogP) is 2.14. The number of nitrogens with zero attached hydrogens (tertiary/aromatic N) is 1. The van der Waals surface area contributed by atoms with Crippen LogP contribution in [0.4, 0.5) is 0 Å².